The molecule has 1 N–H and O–H groups in total. The Hall–Kier alpha value is -3.22. The van der Waals surface area contributed by atoms with E-state index in [1.54, 1.807) is 43.7 Å². The summed E-state index contributed by atoms with van der Waals surface area (Å²) in [6.45, 7) is 0.518. The highest BCUT2D eigenvalue weighted by atomic mass is 16.5. The van der Waals surface area contributed by atoms with Gasteiger partial charge in [-0.05, 0) is 48.4 Å². The zero-order chi connectivity index (χ0) is 18.9. The number of methoxy groups -OCH3 is 1. The van der Waals surface area contributed by atoms with Crippen molar-refractivity contribution in [1.82, 2.24) is 9.88 Å². The van der Waals surface area contributed by atoms with Crippen molar-refractivity contribution >= 4 is 23.5 Å². The van der Waals surface area contributed by atoms with Crippen LogP contribution in [-0.4, -0.2) is 48.4 Å². The minimum atomic E-state index is -0.450. The second-order valence-corrected chi connectivity index (χ2v) is 5.71. The molecule has 2 rings (SSSR count). The van der Waals surface area contributed by atoms with Gasteiger partial charge in [-0.25, -0.2) is 4.79 Å². The van der Waals surface area contributed by atoms with Crippen molar-refractivity contribution in [2.75, 3.05) is 26.0 Å². The molecule has 136 valence electrons. The van der Waals surface area contributed by atoms with Gasteiger partial charge in [0.15, 0.2) is 0 Å². The summed E-state index contributed by atoms with van der Waals surface area (Å²) in [5, 5.41) is 2.64. The highest BCUT2D eigenvalue weighted by Crippen LogP contribution is 2.11. The quantitative estimate of drug-likeness (QED) is 0.605. The number of aromatic nitrogens is 1. The van der Waals surface area contributed by atoms with Crippen LogP contribution in [0.3, 0.4) is 0 Å². The fourth-order valence-electron chi connectivity index (χ4n) is 2.26. The number of carbonyl (C=O) groups is 3. The van der Waals surface area contributed by atoms with Gasteiger partial charge in [0, 0.05) is 31.7 Å². The third-order valence-corrected chi connectivity index (χ3v) is 3.81. The second-order valence-electron chi connectivity index (χ2n) is 5.71. The fraction of sp³-hybridized carbons (Fsp3) is 0.263. The van der Waals surface area contributed by atoms with Crippen LogP contribution >= 0.6 is 0 Å². The molecule has 0 unspecified atom stereocenters. The highest BCUT2D eigenvalue weighted by Gasteiger charge is 2.14. The number of carbonyl (C=O) groups excluding carboxylic acids is 3. The number of anilines is 1. The van der Waals surface area contributed by atoms with E-state index in [0.717, 1.165) is 5.56 Å². The molecule has 0 fully saturated rings. The van der Waals surface area contributed by atoms with Crippen molar-refractivity contribution in [3.8, 4) is 0 Å². The van der Waals surface area contributed by atoms with Crippen molar-refractivity contribution in [2.24, 2.45) is 0 Å². The van der Waals surface area contributed by atoms with Crippen LogP contribution in [0.2, 0.25) is 0 Å². The fourth-order valence-corrected chi connectivity index (χ4v) is 2.26. The summed E-state index contributed by atoms with van der Waals surface area (Å²) < 4.78 is 4.61. The normalized spacial score (nSPS) is 10.1. The van der Waals surface area contributed by atoms with Gasteiger partial charge < -0.3 is 15.0 Å². The van der Waals surface area contributed by atoms with Crippen LogP contribution in [0, 0.1) is 0 Å². The number of hydrogen-bond acceptors (Lipinski definition) is 5. The van der Waals surface area contributed by atoms with Crippen molar-refractivity contribution in [3.05, 3.63) is 59.9 Å². The summed E-state index contributed by atoms with van der Waals surface area (Å²) in [6, 6.07) is 10.0. The van der Waals surface area contributed by atoms with Gasteiger partial charge in [0.05, 0.1) is 12.7 Å². The van der Waals surface area contributed by atoms with Crippen molar-refractivity contribution in [2.45, 2.75) is 12.8 Å². The average Bonchev–Trinajstić information content (AvgIpc) is 2.66. The Morgan fingerprint density at radius 1 is 1.08 bits per heavy atom. The van der Waals surface area contributed by atoms with E-state index in [2.05, 4.69) is 15.0 Å². The molecule has 26 heavy (non-hydrogen) atoms. The van der Waals surface area contributed by atoms with Gasteiger partial charge in [-0.1, -0.05) is 0 Å². The predicted molar refractivity (Wildman–Crippen MR) is 96.6 cm³/mol. The standard InChI is InChI=1S/C19H21N3O4/c1-22(12-9-14-7-10-20-11-8-14)18(24)13-17(23)21-16-5-3-15(4-6-16)19(25)26-2/h3-8,10-11H,9,12-13H2,1-2H3,(H,21,23). The van der Waals surface area contributed by atoms with E-state index in [0.29, 0.717) is 24.2 Å². The van der Waals surface area contributed by atoms with Crippen LogP contribution in [0.5, 0.6) is 0 Å². The second kappa shape index (κ2) is 9.31. The Kier molecular flexibility index (Phi) is 6.84. The van der Waals surface area contributed by atoms with E-state index in [-0.39, 0.29) is 12.3 Å². The SMILES string of the molecule is COC(=O)c1ccc(NC(=O)CC(=O)N(C)CCc2ccncc2)cc1. The first-order valence-electron chi connectivity index (χ1n) is 8.10. The molecule has 0 aliphatic rings. The predicted octanol–water partition coefficient (Wildman–Crippen LogP) is 1.90. The lowest BCUT2D eigenvalue weighted by Gasteiger charge is -2.17. The Balaban J connectivity index is 1.80. The molecule has 1 aromatic carbocycles. The number of nitrogens with one attached hydrogen (secondary N) is 1. The first-order chi connectivity index (χ1) is 12.5. The number of hydrogen-bond donors (Lipinski definition) is 1. The highest BCUT2D eigenvalue weighted by molar-refractivity contribution is 6.03. The van der Waals surface area contributed by atoms with Crippen LogP contribution in [0.15, 0.2) is 48.8 Å². The lowest BCUT2D eigenvalue weighted by Crippen LogP contribution is -2.32. The number of rotatable bonds is 7. The van der Waals surface area contributed by atoms with Gasteiger partial charge in [0.2, 0.25) is 11.8 Å². The van der Waals surface area contributed by atoms with E-state index < -0.39 is 11.9 Å². The number of esters is 1. The molecular formula is C19H21N3O4. The van der Waals surface area contributed by atoms with E-state index in [1.807, 2.05) is 12.1 Å². The largest absolute Gasteiger partial charge is 0.465 e. The third-order valence-electron chi connectivity index (χ3n) is 3.81. The van der Waals surface area contributed by atoms with Crippen LogP contribution in [0.4, 0.5) is 5.69 Å². The molecule has 2 aromatic rings. The monoisotopic (exact) mass is 355 g/mol. The summed E-state index contributed by atoms with van der Waals surface area (Å²) in [7, 11) is 2.97. The van der Waals surface area contributed by atoms with Gasteiger partial charge in [-0.2, -0.15) is 0 Å². The van der Waals surface area contributed by atoms with Gasteiger partial charge >= 0.3 is 5.97 Å². The third kappa shape index (κ3) is 5.70. The number of pyridine rings is 1. The molecule has 7 heteroatoms. The maximum atomic E-state index is 12.1. The van der Waals surface area contributed by atoms with Crippen LogP contribution in [0.1, 0.15) is 22.3 Å². The number of ether oxygens (including phenoxy) is 1. The molecule has 1 heterocycles. The molecule has 1 aromatic heterocycles. The summed E-state index contributed by atoms with van der Waals surface area (Å²) in [6.07, 6.45) is 3.86. The Morgan fingerprint density at radius 3 is 2.35 bits per heavy atom. The molecule has 0 aliphatic carbocycles. The molecule has 2 amide bonds. The van der Waals surface area contributed by atoms with Gasteiger partial charge in [0.1, 0.15) is 6.42 Å². The summed E-state index contributed by atoms with van der Waals surface area (Å²) in [4.78, 5) is 41.0. The minimum absolute atomic E-state index is 0.244. The Labute approximate surface area is 152 Å². The molecule has 7 nitrogen and oxygen atoms in total. The van der Waals surface area contributed by atoms with Crippen molar-refractivity contribution < 1.29 is 19.1 Å². The van der Waals surface area contributed by atoms with E-state index >= 15 is 0 Å². The number of amides is 2. The zero-order valence-electron chi connectivity index (χ0n) is 14.8. The van der Waals surface area contributed by atoms with Crippen molar-refractivity contribution in [3.63, 3.8) is 0 Å². The summed E-state index contributed by atoms with van der Waals surface area (Å²) in [5.41, 5.74) is 1.97. The molecule has 0 aliphatic heterocycles. The van der Waals surface area contributed by atoms with Crippen LogP contribution < -0.4 is 5.32 Å². The van der Waals surface area contributed by atoms with E-state index in [9.17, 15) is 14.4 Å². The Morgan fingerprint density at radius 2 is 1.73 bits per heavy atom. The van der Waals surface area contributed by atoms with Crippen LogP contribution in [-0.2, 0) is 20.7 Å². The van der Waals surface area contributed by atoms with Crippen LogP contribution in [0.25, 0.3) is 0 Å². The molecule has 0 saturated heterocycles. The Bertz CT molecular complexity index is 760. The molecule has 0 bridgehead atoms. The lowest BCUT2D eigenvalue weighted by atomic mass is 10.2. The van der Waals surface area contributed by atoms with E-state index in [1.165, 1.54) is 12.0 Å². The topological polar surface area (TPSA) is 88.6 Å². The van der Waals surface area contributed by atoms with E-state index in [4.69, 9.17) is 0 Å². The average molecular weight is 355 g/mol. The minimum Gasteiger partial charge on any atom is -0.465 e. The lowest BCUT2D eigenvalue weighted by molar-refractivity contribution is -0.133. The van der Waals surface area contributed by atoms with Gasteiger partial charge in [-0.15, -0.1) is 0 Å². The molecular weight excluding hydrogens is 334 g/mol. The molecule has 0 atom stereocenters. The smallest absolute Gasteiger partial charge is 0.337 e. The first kappa shape index (κ1) is 19.1. The zero-order valence-corrected chi connectivity index (χ0v) is 14.8. The van der Waals surface area contributed by atoms with Gasteiger partial charge in [-0.3, -0.25) is 14.6 Å². The summed E-state index contributed by atoms with van der Waals surface area (Å²) >= 11 is 0. The first-order valence-corrected chi connectivity index (χ1v) is 8.10. The number of benzene rings is 1. The maximum absolute atomic E-state index is 12.1. The van der Waals surface area contributed by atoms with Crippen molar-refractivity contribution in [1.29, 1.82) is 0 Å². The maximum Gasteiger partial charge on any atom is 0.337 e. The number of likely N-dealkylation sites (N-methyl/N-ethyl adjacent to an activating group) is 1. The summed E-state index contributed by atoms with van der Waals surface area (Å²) in [5.74, 6) is -1.12. The molecule has 0 saturated carbocycles. The molecule has 0 spiro atoms. The number of nitrogens with zero attached hydrogens (tertiary/aromatic N) is 2. The van der Waals surface area contributed by atoms with Gasteiger partial charge in [0.25, 0.3) is 0 Å². The molecule has 0 radical (unpaired) electrons.